The second-order valence-corrected chi connectivity index (χ2v) is 2.87. The molecule has 0 saturated carbocycles. The van der Waals surface area contributed by atoms with Crippen LogP contribution in [0.25, 0.3) is 0 Å². The summed E-state index contributed by atoms with van der Waals surface area (Å²) in [6, 6.07) is 0. The van der Waals surface area contributed by atoms with Crippen molar-refractivity contribution in [3.8, 4) is 0 Å². The van der Waals surface area contributed by atoms with E-state index in [4.69, 9.17) is 5.73 Å². The predicted octanol–water partition coefficient (Wildman–Crippen LogP) is -0.697. The number of piperazine rings is 1. The molecule has 1 aliphatic rings. The zero-order valence-corrected chi connectivity index (χ0v) is 6.58. The molecule has 0 bridgehead atoms. The molecule has 1 heterocycles. The first-order valence-electron chi connectivity index (χ1n) is 3.84. The van der Waals surface area contributed by atoms with Gasteiger partial charge in [0.1, 0.15) is 0 Å². The van der Waals surface area contributed by atoms with Crippen molar-refractivity contribution in [3.05, 3.63) is 0 Å². The number of hydrogen-bond acceptors (Lipinski definition) is 2. The van der Waals surface area contributed by atoms with Gasteiger partial charge in [0.2, 0.25) is 0 Å². The lowest BCUT2D eigenvalue weighted by Crippen LogP contribution is -2.45. The van der Waals surface area contributed by atoms with Gasteiger partial charge in [-0.25, -0.2) is 0 Å². The maximum absolute atomic E-state index is 8.63. The molecule has 3 heteroatoms. The van der Waals surface area contributed by atoms with Gasteiger partial charge >= 0.3 is 0 Å². The summed E-state index contributed by atoms with van der Waals surface area (Å²) in [5, 5.41) is 0. The van der Waals surface area contributed by atoms with Crippen molar-refractivity contribution >= 4 is 0 Å². The molecule has 2 radical (unpaired) electrons. The highest BCUT2D eigenvalue weighted by Crippen LogP contribution is 1.96. The van der Waals surface area contributed by atoms with Crippen molar-refractivity contribution in [2.24, 2.45) is 0 Å². The van der Waals surface area contributed by atoms with Gasteiger partial charge < -0.3 is 4.90 Å². The van der Waals surface area contributed by atoms with Crippen LogP contribution in [0, 0.1) is 0 Å². The third-order valence-electron chi connectivity index (χ3n) is 2.01. The summed E-state index contributed by atoms with van der Waals surface area (Å²) >= 11 is 0. The van der Waals surface area contributed by atoms with Crippen LogP contribution in [0.4, 0.5) is 0 Å². The van der Waals surface area contributed by atoms with E-state index < -0.39 is 0 Å². The Balaban J connectivity index is 2.13. The number of nitrogens with zero attached hydrogens (tertiary/aromatic N) is 3. The lowest BCUT2D eigenvalue weighted by atomic mass is 10.3. The molecule has 1 aliphatic heterocycles. The molecule has 0 atom stereocenters. The molecule has 1 rings (SSSR count). The zero-order chi connectivity index (χ0) is 7.40. The quantitative estimate of drug-likeness (QED) is 0.509. The maximum atomic E-state index is 8.63. The highest BCUT2D eigenvalue weighted by molar-refractivity contribution is 4.68. The second-order valence-electron chi connectivity index (χ2n) is 2.87. The van der Waals surface area contributed by atoms with Crippen molar-refractivity contribution in [2.75, 3.05) is 46.3 Å². The molecule has 10 heavy (non-hydrogen) atoms. The highest BCUT2D eigenvalue weighted by Gasteiger charge is 2.11. The molecule has 0 aliphatic carbocycles. The Kier molecular flexibility index (Phi) is 3.12. The van der Waals surface area contributed by atoms with E-state index in [9.17, 15) is 0 Å². The van der Waals surface area contributed by atoms with Crippen LogP contribution in [-0.2, 0) is 0 Å². The molecular formula is C7H15N3. The molecule has 0 spiro atoms. The van der Waals surface area contributed by atoms with Crippen LogP contribution in [0.15, 0.2) is 0 Å². The first-order chi connectivity index (χ1) is 4.83. The SMILES string of the molecule is CN1CCN(CC[N])CC1. The van der Waals surface area contributed by atoms with Gasteiger partial charge in [-0.2, -0.15) is 0 Å². The summed E-state index contributed by atoms with van der Waals surface area (Å²) < 4.78 is 0. The van der Waals surface area contributed by atoms with Crippen molar-refractivity contribution in [1.82, 2.24) is 15.5 Å². The van der Waals surface area contributed by atoms with Crippen LogP contribution in [0.5, 0.6) is 0 Å². The summed E-state index contributed by atoms with van der Waals surface area (Å²) in [6.07, 6.45) is 0. The monoisotopic (exact) mass is 141 g/mol. The van der Waals surface area contributed by atoms with Crippen LogP contribution in [-0.4, -0.2) is 56.1 Å². The minimum absolute atomic E-state index is 0.295. The topological polar surface area (TPSA) is 28.8 Å². The normalized spacial score (nSPS) is 23.4. The molecule has 58 valence electrons. The lowest BCUT2D eigenvalue weighted by Gasteiger charge is -2.31. The Morgan fingerprint density at radius 3 is 2.30 bits per heavy atom. The highest BCUT2D eigenvalue weighted by atomic mass is 15.2. The van der Waals surface area contributed by atoms with E-state index in [0.29, 0.717) is 6.54 Å². The lowest BCUT2D eigenvalue weighted by molar-refractivity contribution is 0.157. The fourth-order valence-corrected chi connectivity index (χ4v) is 1.21. The van der Waals surface area contributed by atoms with E-state index >= 15 is 0 Å². The molecule has 0 N–H and O–H groups in total. The smallest absolute Gasteiger partial charge is 0.0449 e. The molecular weight excluding hydrogens is 126 g/mol. The largest absolute Gasteiger partial charge is 0.304 e. The van der Waals surface area contributed by atoms with Gasteiger partial charge in [-0.15, -0.1) is 5.73 Å². The van der Waals surface area contributed by atoms with Gasteiger partial charge in [-0.05, 0) is 7.05 Å². The van der Waals surface area contributed by atoms with E-state index in [2.05, 4.69) is 16.8 Å². The van der Waals surface area contributed by atoms with Gasteiger partial charge in [0.15, 0.2) is 0 Å². The van der Waals surface area contributed by atoms with Gasteiger partial charge in [-0.1, -0.05) is 0 Å². The summed E-state index contributed by atoms with van der Waals surface area (Å²) in [5.41, 5.74) is 8.63. The average Bonchev–Trinajstić information content (AvgIpc) is 1.95. The number of likely N-dealkylation sites (N-methyl/N-ethyl adjacent to an activating group) is 1. The standard InChI is InChI=1S/C7H15N3/c1-9-4-6-10(3-2-8)7-5-9/h2-7H2,1H3. The zero-order valence-electron chi connectivity index (χ0n) is 6.58. The number of hydrogen-bond donors (Lipinski definition) is 0. The Morgan fingerprint density at radius 1 is 1.20 bits per heavy atom. The molecule has 1 fully saturated rings. The van der Waals surface area contributed by atoms with Crippen LogP contribution in [0.2, 0.25) is 0 Å². The molecule has 0 amide bonds. The average molecular weight is 141 g/mol. The third kappa shape index (κ3) is 2.25. The Labute approximate surface area is 62.8 Å². The van der Waals surface area contributed by atoms with Gasteiger partial charge in [-0.3, -0.25) is 4.90 Å². The van der Waals surface area contributed by atoms with Crippen molar-refractivity contribution in [2.45, 2.75) is 0 Å². The molecule has 3 nitrogen and oxygen atoms in total. The van der Waals surface area contributed by atoms with E-state index in [1.165, 1.54) is 0 Å². The van der Waals surface area contributed by atoms with Crippen LogP contribution in [0.1, 0.15) is 0 Å². The van der Waals surface area contributed by atoms with Gasteiger partial charge in [0.25, 0.3) is 0 Å². The number of rotatable bonds is 2. The van der Waals surface area contributed by atoms with Crippen LogP contribution in [0.3, 0.4) is 0 Å². The molecule has 0 aromatic heterocycles. The fraction of sp³-hybridized carbons (Fsp3) is 1.00. The molecule has 0 aromatic carbocycles. The predicted molar refractivity (Wildman–Crippen MR) is 40.9 cm³/mol. The van der Waals surface area contributed by atoms with Crippen molar-refractivity contribution < 1.29 is 0 Å². The minimum Gasteiger partial charge on any atom is -0.304 e. The van der Waals surface area contributed by atoms with Crippen molar-refractivity contribution in [3.63, 3.8) is 0 Å². The van der Waals surface area contributed by atoms with E-state index in [0.717, 1.165) is 32.7 Å². The third-order valence-corrected chi connectivity index (χ3v) is 2.01. The van der Waals surface area contributed by atoms with E-state index in [1.807, 2.05) is 0 Å². The Bertz CT molecular complexity index is 86.9. The molecule has 1 saturated heterocycles. The van der Waals surface area contributed by atoms with Gasteiger partial charge in [0.05, 0.1) is 0 Å². The first kappa shape index (κ1) is 7.98. The first-order valence-corrected chi connectivity index (χ1v) is 3.84. The van der Waals surface area contributed by atoms with E-state index in [1.54, 1.807) is 0 Å². The Morgan fingerprint density at radius 2 is 1.80 bits per heavy atom. The van der Waals surface area contributed by atoms with E-state index in [-0.39, 0.29) is 0 Å². The van der Waals surface area contributed by atoms with Crippen LogP contribution < -0.4 is 5.73 Å². The Hall–Kier alpha value is -0.120. The van der Waals surface area contributed by atoms with Crippen LogP contribution >= 0.6 is 0 Å². The fourth-order valence-electron chi connectivity index (χ4n) is 1.21. The van der Waals surface area contributed by atoms with Gasteiger partial charge in [0, 0.05) is 39.3 Å². The minimum atomic E-state index is 0.295. The summed E-state index contributed by atoms with van der Waals surface area (Å²) in [4.78, 5) is 4.61. The summed E-state index contributed by atoms with van der Waals surface area (Å²) in [6.45, 7) is 5.63. The molecule has 0 unspecified atom stereocenters. The summed E-state index contributed by atoms with van der Waals surface area (Å²) in [7, 11) is 2.14. The summed E-state index contributed by atoms with van der Waals surface area (Å²) in [5.74, 6) is 0. The van der Waals surface area contributed by atoms with Crippen molar-refractivity contribution in [1.29, 1.82) is 0 Å². The molecule has 0 aromatic rings. The maximum Gasteiger partial charge on any atom is 0.0449 e. The second kappa shape index (κ2) is 3.91.